The molecule has 142 valence electrons. The third kappa shape index (κ3) is 4.10. The van der Waals surface area contributed by atoms with Gasteiger partial charge in [-0.15, -0.1) is 0 Å². The maximum absolute atomic E-state index is 11.8. The van der Waals surface area contributed by atoms with Crippen molar-refractivity contribution in [1.82, 2.24) is 15.3 Å². The lowest BCUT2D eigenvalue weighted by Gasteiger charge is -2.28. The molecule has 1 aromatic carbocycles. The van der Waals surface area contributed by atoms with Crippen molar-refractivity contribution in [2.75, 3.05) is 6.26 Å². The number of hydrogen-bond acceptors (Lipinski definition) is 3. The smallest absolute Gasteiger partial charge is 0.137 e. The van der Waals surface area contributed by atoms with Gasteiger partial charge in [-0.3, -0.25) is 4.21 Å². The van der Waals surface area contributed by atoms with Gasteiger partial charge in [-0.05, 0) is 48.7 Å². The number of aromatic nitrogens is 2. The normalized spacial score (nSPS) is 17.9. The van der Waals surface area contributed by atoms with Crippen LogP contribution >= 0.6 is 11.6 Å². The molecule has 0 saturated heterocycles. The Hall–Kier alpha value is -1.69. The van der Waals surface area contributed by atoms with Crippen LogP contribution < -0.4 is 5.32 Å². The second-order valence-corrected chi connectivity index (χ2v) is 9.00. The van der Waals surface area contributed by atoms with E-state index in [0.29, 0.717) is 16.0 Å². The fourth-order valence-electron chi connectivity index (χ4n) is 3.93. The predicted molar refractivity (Wildman–Crippen MR) is 112 cm³/mol. The van der Waals surface area contributed by atoms with E-state index in [1.165, 1.54) is 32.1 Å². The molecule has 1 fully saturated rings. The van der Waals surface area contributed by atoms with E-state index in [1.807, 2.05) is 24.3 Å². The van der Waals surface area contributed by atoms with E-state index < -0.39 is 10.8 Å². The fraction of sp³-hybridized carbons (Fsp3) is 0.381. The Morgan fingerprint density at radius 2 is 2.04 bits per heavy atom. The molecular weight excluding hydrogens is 378 g/mol. The first kappa shape index (κ1) is 18.7. The zero-order chi connectivity index (χ0) is 18.8. The number of H-pyrrole nitrogens is 1. The maximum Gasteiger partial charge on any atom is 0.137 e. The van der Waals surface area contributed by atoms with Gasteiger partial charge in [0.25, 0.3) is 0 Å². The molecule has 4 nitrogen and oxygen atoms in total. The molecule has 4 rings (SSSR count). The predicted octanol–water partition coefficient (Wildman–Crippen LogP) is 4.97. The van der Waals surface area contributed by atoms with Crippen molar-refractivity contribution in [1.29, 1.82) is 0 Å². The van der Waals surface area contributed by atoms with Gasteiger partial charge in [-0.1, -0.05) is 36.9 Å². The number of halogens is 1. The lowest BCUT2D eigenvalue weighted by molar-refractivity contribution is 0.353. The minimum absolute atomic E-state index is 0.000795. The van der Waals surface area contributed by atoms with Gasteiger partial charge in [-0.2, -0.15) is 0 Å². The standard InChI is InChI=1S/C21H24ClN3OS/c1-27(26)19-10-9-14(12-17(19)22)20(24-16-7-3-2-4-8-16)18-13-15-6-5-11-23-21(15)25-18/h5-6,9-13,16,20,24H,2-4,7-8H2,1H3,(H,23,25). The Morgan fingerprint density at radius 3 is 2.74 bits per heavy atom. The highest BCUT2D eigenvalue weighted by Gasteiger charge is 2.23. The van der Waals surface area contributed by atoms with Crippen molar-refractivity contribution >= 4 is 33.4 Å². The third-order valence-electron chi connectivity index (χ3n) is 5.33. The number of hydrogen-bond donors (Lipinski definition) is 2. The monoisotopic (exact) mass is 401 g/mol. The molecule has 3 aromatic rings. The van der Waals surface area contributed by atoms with Crippen LogP contribution in [-0.2, 0) is 10.8 Å². The fourth-order valence-corrected chi connectivity index (χ4v) is 5.04. The average Bonchev–Trinajstić information content (AvgIpc) is 3.10. The molecule has 2 aromatic heterocycles. The van der Waals surface area contributed by atoms with Crippen molar-refractivity contribution in [3.05, 3.63) is 58.9 Å². The first-order valence-electron chi connectivity index (χ1n) is 9.44. The van der Waals surface area contributed by atoms with Gasteiger partial charge in [0.15, 0.2) is 0 Å². The molecule has 0 spiro atoms. The van der Waals surface area contributed by atoms with Crippen LogP contribution in [0, 0.1) is 0 Å². The number of fused-ring (bicyclic) bond motifs is 1. The summed E-state index contributed by atoms with van der Waals surface area (Å²) in [5, 5.41) is 5.48. The van der Waals surface area contributed by atoms with E-state index in [-0.39, 0.29) is 6.04 Å². The van der Waals surface area contributed by atoms with Crippen molar-refractivity contribution in [3.8, 4) is 0 Å². The zero-order valence-corrected chi connectivity index (χ0v) is 16.9. The SMILES string of the molecule is CS(=O)c1ccc(C(NC2CCCCC2)c2cc3cccnc3[nH]2)cc1Cl. The summed E-state index contributed by atoms with van der Waals surface area (Å²) in [7, 11) is -1.10. The van der Waals surface area contributed by atoms with E-state index in [0.717, 1.165) is 22.3 Å². The molecule has 2 N–H and O–H groups in total. The maximum atomic E-state index is 11.8. The van der Waals surface area contributed by atoms with Crippen LogP contribution in [0.1, 0.15) is 49.4 Å². The van der Waals surface area contributed by atoms with Gasteiger partial charge in [0.1, 0.15) is 5.65 Å². The number of aromatic amines is 1. The van der Waals surface area contributed by atoms with Crippen LogP contribution in [0.5, 0.6) is 0 Å². The highest BCUT2D eigenvalue weighted by atomic mass is 35.5. The summed E-state index contributed by atoms with van der Waals surface area (Å²) in [6.45, 7) is 0. The van der Waals surface area contributed by atoms with Gasteiger partial charge in [0.05, 0.1) is 26.8 Å². The number of nitrogens with one attached hydrogen (secondary N) is 2. The lowest BCUT2D eigenvalue weighted by Crippen LogP contribution is -2.35. The van der Waals surface area contributed by atoms with Crippen molar-refractivity contribution in [2.24, 2.45) is 0 Å². The Bertz CT molecular complexity index is 932. The quantitative estimate of drug-likeness (QED) is 0.634. The summed E-state index contributed by atoms with van der Waals surface area (Å²) in [5.41, 5.74) is 3.04. The number of benzene rings is 1. The summed E-state index contributed by atoms with van der Waals surface area (Å²) >= 11 is 6.43. The summed E-state index contributed by atoms with van der Waals surface area (Å²) in [5.74, 6) is 0. The van der Waals surface area contributed by atoms with Crippen molar-refractivity contribution in [2.45, 2.75) is 49.1 Å². The molecule has 2 unspecified atom stereocenters. The minimum Gasteiger partial charge on any atom is -0.341 e. The minimum atomic E-state index is -1.10. The second kappa shape index (κ2) is 8.13. The van der Waals surface area contributed by atoms with Crippen molar-refractivity contribution in [3.63, 3.8) is 0 Å². The third-order valence-corrected chi connectivity index (χ3v) is 6.73. The lowest BCUT2D eigenvalue weighted by atomic mass is 9.93. The van der Waals surface area contributed by atoms with Crippen LogP contribution in [-0.4, -0.2) is 26.5 Å². The first-order chi connectivity index (χ1) is 13.1. The van der Waals surface area contributed by atoms with E-state index in [9.17, 15) is 4.21 Å². The summed E-state index contributed by atoms with van der Waals surface area (Å²) < 4.78 is 11.8. The Balaban J connectivity index is 1.73. The molecule has 6 heteroatoms. The van der Waals surface area contributed by atoms with Crippen LogP contribution in [0.4, 0.5) is 0 Å². The molecule has 1 aliphatic carbocycles. The van der Waals surface area contributed by atoms with Gasteiger partial charge in [0, 0.05) is 29.6 Å². The second-order valence-electron chi connectivity index (χ2n) is 7.24. The van der Waals surface area contributed by atoms with Gasteiger partial charge in [-0.25, -0.2) is 4.98 Å². The number of nitrogens with zero attached hydrogens (tertiary/aromatic N) is 1. The highest BCUT2D eigenvalue weighted by Crippen LogP contribution is 2.31. The van der Waals surface area contributed by atoms with E-state index in [1.54, 1.807) is 12.5 Å². The van der Waals surface area contributed by atoms with Crippen LogP contribution in [0.3, 0.4) is 0 Å². The summed E-state index contributed by atoms with van der Waals surface area (Å²) in [6, 6.07) is 12.5. The van der Waals surface area contributed by atoms with Gasteiger partial charge < -0.3 is 10.3 Å². The molecule has 0 radical (unpaired) electrons. The average molecular weight is 402 g/mol. The highest BCUT2D eigenvalue weighted by molar-refractivity contribution is 7.84. The van der Waals surface area contributed by atoms with Gasteiger partial charge >= 0.3 is 0 Å². The van der Waals surface area contributed by atoms with E-state index >= 15 is 0 Å². The van der Waals surface area contributed by atoms with Gasteiger partial charge in [0.2, 0.25) is 0 Å². The Morgan fingerprint density at radius 1 is 1.22 bits per heavy atom. The molecule has 1 aliphatic rings. The topological polar surface area (TPSA) is 57.8 Å². The van der Waals surface area contributed by atoms with Crippen LogP contribution in [0.2, 0.25) is 5.02 Å². The van der Waals surface area contributed by atoms with E-state index in [4.69, 9.17) is 11.6 Å². The van der Waals surface area contributed by atoms with E-state index in [2.05, 4.69) is 27.4 Å². The molecule has 1 saturated carbocycles. The summed E-state index contributed by atoms with van der Waals surface area (Å²) in [6.07, 6.45) is 9.71. The number of pyridine rings is 1. The van der Waals surface area contributed by atoms with Crippen molar-refractivity contribution < 1.29 is 4.21 Å². The van der Waals surface area contributed by atoms with Crippen LogP contribution in [0.25, 0.3) is 11.0 Å². The molecule has 2 heterocycles. The first-order valence-corrected chi connectivity index (χ1v) is 11.4. The summed E-state index contributed by atoms with van der Waals surface area (Å²) in [4.78, 5) is 8.57. The molecular formula is C21H24ClN3OS. The number of rotatable bonds is 5. The Labute approximate surface area is 167 Å². The largest absolute Gasteiger partial charge is 0.341 e. The molecule has 2 atom stereocenters. The molecule has 0 aliphatic heterocycles. The molecule has 0 amide bonds. The molecule has 27 heavy (non-hydrogen) atoms. The Kier molecular flexibility index (Phi) is 5.62. The zero-order valence-electron chi connectivity index (χ0n) is 15.4. The molecule has 0 bridgehead atoms. The van der Waals surface area contributed by atoms with Crippen LogP contribution in [0.15, 0.2) is 47.5 Å².